The molecule has 1 atom stereocenters. The van der Waals surface area contributed by atoms with Crippen molar-refractivity contribution in [2.24, 2.45) is 0 Å². The van der Waals surface area contributed by atoms with Crippen LogP contribution in [0.1, 0.15) is 39.7 Å². The van der Waals surface area contributed by atoms with Gasteiger partial charge in [0.1, 0.15) is 5.75 Å². The SMILES string of the molecule is CC[C@@H](Oc1ccc(C(C)(C)C)cc1)C(=O)Nc1ccc(OC)c(OC)c1. The minimum absolute atomic E-state index is 0.0769. The Morgan fingerprint density at radius 2 is 1.63 bits per heavy atom. The number of ether oxygens (including phenoxy) is 3. The van der Waals surface area contributed by atoms with Gasteiger partial charge in [0.25, 0.3) is 5.91 Å². The number of hydrogen-bond donors (Lipinski definition) is 1. The van der Waals surface area contributed by atoms with Gasteiger partial charge in [-0.2, -0.15) is 0 Å². The lowest BCUT2D eigenvalue weighted by atomic mass is 9.87. The summed E-state index contributed by atoms with van der Waals surface area (Å²) in [4.78, 5) is 12.6. The first-order chi connectivity index (χ1) is 12.8. The number of rotatable bonds is 7. The molecule has 27 heavy (non-hydrogen) atoms. The molecule has 0 heterocycles. The number of anilines is 1. The van der Waals surface area contributed by atoms with Crippen LogP contribution in [0.4, 0.5) is 5.69 Å². The van der Waals surface area contributed by atoms with Gasteiger partial charge in [-0.15, -0.1) is 0 Å². The van der Waals surface area contributed by atoms with Crippen molar-refractivity contribution in [2.45, 2.75) is 45.6 Å². The van der Waals surface area contributed by atoms with Crippen LogP contribution in [0.2, 0.25) is 0 Å². The van der Waals surface area contributed by atoms with E-state index in [0.29, 0.717) is 29.4 Å². The van der Waals surface area contributed by atoms with Crippen molar-refractivity contribution in [3.63, 3.8) is 0 Å². The molecule has 2 rings (SSSR count). The fraction of sp³-hybridized carbons (Fsp3) is 0.409. The third-order valence-electron chi connectivity index (χ3n) is 4.31. The van der Waals surface area contributed by atoms with Gasteiger partial charge in [-0.25, -0.2) is 0 Å². The van der Waals surface area contributed by atoms with Gasteiger partial charge in [0, 0.05) is 11.8 Å². The number of methoxy groups -OCH3 is 2. The Balaban J connectivity index is 2.07. The predicted octanol–water partition coefficient (Wildman–Crippen LogP) is 4.80. The van der Waals surface area contributed by atoms with Crippen LogP contribution >= 0.6 is 0 Å². The van der Waals surface area contributed by atoms with Crippen molar-refractivity contribution in [3.8, 4) is 17.2 Å². The van der Waals surface area contributed by atoms with Crippen molar-refractivity contribution in [2.75, 3.05) is 19.5 Å². The largest absolute Gasteiger partial charge is 0.493 e. The molecule has 5 nitrogen and oxygen atoms in total. The Hall–Kier alpha value is -2.69. The van der Waals surface area contributed by atoms with Crippen LogP contribution in [0.3, 0.4) is 0 Å². The molecule has 0 saturated heterocycles. The Labute approximate surface area is 161 Å². The van der Waals surface area contributed by atoms with Crippen LogP contribution < -0.4 is 19.5 Å². The van der Waals surface area contributed by atoms with E-state index < -0.39 is 6.10 Å². The smallest absolute Gasteiger partial charge is 0.265 e. The first-order valence-electron chi connectivity index (χ1n) is 9.08. The van der Waals surface area contributed by atoms with E-state index in [1.165, 1.54) is 5.56 Å². The fourth-order valence-electron chi connectivity index (χ4n) is 2.66. The van der Waals surface area contributed by atoms with Gasteiger partial charge < -0.3 is 19.5 Å². The molecule has 146 valence electrons. The Morgan fingerprint density at radius 1 is 1.00 bits per heavy atom. The molecule has 0 unspecified atom stereocenters. The predicted molar refractivity (Wildman–Crippen MR) is 108 cm³/mol. The topological polar surface area (TPSA) is 56.8 Å². The summed E-state index contributed by atoms with van der Waals surface area (Å²) in [5.74, 6) is 1.64. The number of carbonyl (C=O) groups is 1. The third-order valence-corrected chi connectivity index (χ3v) is 4.31. The second-order valence-corrected chi connectivity index (χ2v) is 7.35. The Bertz CT molecular complexity index is 763. The summed E-state index contributed by atoms with van der Waals surface area (Å²) in [6, 6.07) is 13.1. The molecule has 0 aliphatic rings. The van der Waals surface area contributed by atoms with Crippen LogP contribution in [0.15, 0.2) is 42.5 Å². The molecule has 0 spiro atoms. The van der Waals surface area contributed by atoms with E-state index in [4.69, 9.17) is 14.2 Å². The van der Waals surface area contributed by atoms with Crippen LogP contribution in [-0.2, 0) is 10.2 Å². The minimum atomic E-state index is -0.585. The minimum Gasteiger partial charge on any atom is -0.493 e. The molecule has 1 amide bonds. The molecule has 0 aliphatic carbocycles. The lowest BCUT2D eigenvalue weighted by Gasteiger charge is -2.21. The first-order valence-corrected chi connectivity index (χ1v) is 9.08. The molecular weight excluding hydrogens is 342 g/mol. The highest BCUT2D eigenvalue weighted by atomic mass is 16.5. The number of hydrogen-bond acceptors (Lipinski definition) is 4. The molecule has 0 aliphatic heterocycles. The first kappa shape index (κ1) is 20.6. The average Bonchev–Trinajstić information content (AvgIpc) is 2.65. The van der Waals surface area contributed by atoms with Crippen molar-refractivity contribution >= 4 is 11.6 Å². The highest BCUT2D eigenvalue weighted by Crippen LogP contribution is 2.30. The fourth-order valence-corrected chi connectivity index (χ4v) is 2.66. The maximum Gasteiger partial charge on any atom is 0.265 e. The zero-order chi connectivity index (χ0) is 20.0. The molecule has 0 saturated carbocycles. The summed E-state index contributed by atoms with van der Waals surface area (Å²) in [6.45, 7) is 8.40. The average molecular weight is 371 g/mol. The van der Waals surface area contributed by atoms with E-state index in [0.717, 1.165) is 0 Å². The summed E-state index contributed by atoms with van der Waals surface area (Å²) in [5.41, 5.74) is 1.92. The Kier molecular flexibility index (Phi) is 6.72. The molecule has 1 N–H and O–H groups in total. The van der Waals surface area contributed by atoms with Crippen molar-refractivity contribution in [1.82, 2.24) is 0 Å². The summed E-state index contributed by atoms with van der Waals surface area (Å²) >= 11 is 0. The van der Waals surface area contributed by atoms with Crippen LogP contribution in [-0.4, -0.2) is 26.2 Å². The van der Waals surface area contributed by atoms with Gasteiger partial charge in [-0.3, -0.25) is 4.79 Å². The summed E-state index contributed by atoms with van der Waals surface area (Å²) in [6.07, 6.45) is -0.0289. The van der Waals surface area contributed by atoms with Crippen molar-refractivity contribution in [1.29, 1.82) is 0 Å². The van der Waals surface area contributed by atoms with Crippen molar-refractivity contribution in [3.05, 3.63) is 48.0 Å². The van der Waals surface area contributed by atoms with Crippen LogP contribution in [0.25, 0.3) is 0 Å². The molecular formula is C22H29NO4. The standard InChI is InChI=1S/C22H29NO4/c1-7-18(27-17-11-8-15(9-12-17)22(2,3)4)21(24)23-16-10-13-19(25-5)20(14-16)26-6/h8-14,18H,7H2,1-6H3,(H,23,24)/t18-/m1/s1. The van der Waals surface area contributed by atoms with Gasteiger partial charge in [-0.05, 0) is 41.7 Å². The molecule has 0 aromatic heterocycles. The number of amides is 1. The van der Waals surface area contributed by atoms with Crippen LogP contribution in [0, 0.1) is 0 Å². The number of nitrogens with one attached hydrogen (secondary N) is 1. The van der Waals surface area contributed by atoms with Crippen LogP contribution in [0.5, 0.6) is 17.2 Å². The zero-order valence-electron chi connectivity index (χ0n) is 17.0. The molecule has 0 bridgehead atoms. The molecule has 2 aromatic carbocycles. The van der Waals surface area contributed by atoms with Gasteiger partial charge in [-0.1, -0.05) is 39.8 Å². The molecule has 0 radical (unpaired) electrons. The lowest BCUT2D eigenvalue weighted by Crippen LogP contribution is -2.32. The summed E-state index contributed by atoms with van der Waals surface area (Å²) in [5, 5.41) is 2.88. The highest BCUT2D eigenvalue weighted by Gasteiger charge is 2.20. The highest BCUT2D eigenvalue weighted by molar-refractivity contribution is 5.94. The van der Waals surface area contributed by atoms with Gasteiger partial charge in [0.05, 0.1) is 14.2 Å². The number of benzene rings is 2. The molecule has 5 heteroatoms. The van der Waals surface area contributed by atoms with E-state index in [1.807, 2.05) is 31.2 Å². The van der Waals surface area contributed by atoms with Gasteiger partial charge in [0.15, 0.2) is 17.6 Å². The normalized spacial score (nSPS) is 12.2. The van der Waals surface area contributed by atoms with E-state index in [2.05, 4.69) is 26.1 Å². The van der Waals surface area contributed by atoms with Crippen molar-refractivity contribution < 1.29 is 19.0 Å². The van der Waals surface area contributed by atoms with E-state index in [-0.39, 0.29) is 11.3 Å². The summed E-state index contributed by atoms with van der Waals surface area (Å²) < 4.78 is 16.4. The maximum atomic E-state index is 12.6. The maximum absolute atomic E-state index is 12.6. The molecule has 2 aromatic rings. The quantitative estimate of drug-likeness (QED) is 0.760. The Morgan fingerprint density at radius 3 is 2.15 bits per heavy atom. The summed E-state index contributed by atoms with van der Waals surface area (Å²) in [7, 11) is 3.13. The third kappa shape index (κ3) is 5.39. The van der Waals surface area contributed by atoms with E-state index in [1.54, 1.807) is 32.4 Å². The number of carbonyl (C=O) groups excluding carboxylic acids is 1. The zero-order valence-corrected chi connectivity index (χ0v) is 17.0. The van der Waals surface area contributed by atoms with Gasteiger partial charge >= 0.3 is 0 Å². The second-order valence-electron chi connectivity index (χ2n) is 7.35. The van der Waals surface area contributed by atoms with E-state index >= 15 is 0 Å². The van der Waals surface area contributed by atoms with E-state index in [9.17, 15) is 4.79 Å². The monoisotopic (exact) mass is 371 g/mol. The second kappa shape index (κ2) is 8.80. The van der Waals surface area contributed by atoms with Gasteiger partial charge in [0.2, 0.25) is 0 Å². The lowest BCUT2D eigenvalue weighted by molar-refractivity contribution is -0.122. The molecule has 0 fully saturated rings.